The summed E-state index contributed by atoms with van der Waals surface area (Å²) >= 11 is 1.61. The molecule has 0 aliphatic carbocycles. The van der Waals surface area contributed by atoms with Crippen molar-refractivity contribution < 1.29 is 0 Å². The molecular formula is C4H12N2S. The van der Waals surface area contributed by atoms with E-state index in [9.17, 15) is 0 Å². The average molecular weight is 120 g/mol. The van der Waals surface area contributed by atoms with Crippen molar-refractivity contribution in [2.24, 2.45) is 0 Å². The van der Waals surface area contributed by atoms with Crippen molar-refractivity contribution in [3.63, 3.8) is 0 Å². The van der Waals surface area contributed by atoms with E-state index in [1.54, 1.807) is 12.1 Å². The minimum atomic E-state index is 1.07. The summed E-state index contributed by atoms with van der Waals surface area (Å²) in [5.41, 5.74) is 0. The molecular weight excluding hydrogens is 108 g/mol. The van der Waals surface area contributed by atoms with E-state index in [1.165, 1.54) is 0 Å². The van der Waals surface area contributed by atoms with Gasteiger partial charge in [0, 0.05) is 18.7 Å². The molecule has 0 aromatic carbocycles. The molecule has 0 aromatic heterocycles. The van der Waals surface area contributed by atoms with Crippen molar-refractivity contribution in [2.45, 2.75) is 6.92 Å². The molecule has 0 aliphatic rings. The van der Waals surface area contributed by atoms with Crippen LogP contribution in [0.15, 0.2) is 0 Å². The Kier molecular flexibility index (Phi) is 4.60. The molecule has 3 heteroatoms. The van der Waals surface area contributed by atoms with Gasteiger partial charge in [-0.25, -0.2) is 4.31 Å². The van der Waals surface area contributed by atoms with Crippen LogP contribution in [0, 0.1) is 0 Å². The van der Waals surface area contributed by atoms with Gasteiger partial charge in [-0.05, 0) is 14.1 Å². The molecule has 0 spiro atoms. The second-order valence-corrected chi connectivity index (χ2v) is 2.45. The number of hydrogen-bond acceptors (Lipinski definition) is 3. The Balaban J connectivity index is 2.83. The van der Waals surface area contributed by atoms with Crippen LogP contribution >= 0.6 is 12.1 Å². The number of rotatable bonds is 3. The molecule has 2 nitrogen and oxygen atoms in total. The van der Waals surface area contributed by atoms with Gasteiger partial charge in [0.1, 0.15) is 0 Å². The van der Waals surface area contributed by atoms with Crippen molar-refractivity contribution in [3.05, 3.63) is 0 Å². The van der Waals surface area contributed by atoms with E-state index in [-0.39, 0.29) is 0 Å². The summed E-state index contributed by atoms with van der Waals surface area (Å²) < 4.78 is 5.07. The molecule has 0 radical (unpaired) electrons. The summed E-state index contributed by atoms with van der Waals surface area (Å²) in [5.74, 6) is 0. The third-order valence-electron chi connectivity index (χ3n) is 0.692. The van der Waals surface area contributed by atoms with Gasteiger partial charge >= 0.3 is 0 Å². The van der Waals surface area contributed by atoms with Gasteiger partial charge in [-0.15, -0.1) is 0 Å². The maximum Gasteiger partial charge on any atom is 0.00697 e. The van der Waals surface area contributed by atoms with Crippen molar-refractivity contribution in [3.8, 4) is 0 Å². The van der Waals surface area contributed by atoms with Crippen LogP contribution in [0.25, 0.3) is 0 Å². The highest BCUT2D eigenvalue weighted by Gasteiger charge is 1.87. The lowest BCUT2D eigenvalue weighted by molar-refractivity contribution is 0.598. The Bertz CT molecular complexity index is 40.7. The molecule has 0 aliphatic heterocycles. The first kappa shape index (κ1) is 7.27. The monoisotopic (exact) mass is 120 g/mol. The van der Waals surface area contributed by atoms with Gasteiger partial charge in [0.05, 0.1) is 0 Å². The minimum absolute atomic E-state index is 1.07. The smallest absolute Gasteiger partial charge is 0.00697 e. The van der Waals surface area contributed by atoms with Crippen LogP contribution in [-0.4, -0.2) is 24.9 Å². The zero-order valence-electron chi connectivity index (χ0n) is 5.06. The van der Waals surface area contributed by atoms with E-state index in [1.807, 2.05) is 14.1 Å². The molecule has 44 valence electrons. The van der Waals surface area contributed by atoms with Crippen LogP contribution < -0.4 is 4.72 Å². The van der Waals surface area contributed by atoms with Gasteiger partial charge in [-0.1, -0.05) is 6.92 Å². The molecule has 0 rings (SSSR count). The van der Waals surface area contributed by atoms with Gasteiger partial charge in [0.2, 0.25) is 0 Å². The first-order valence-electron chi connectivity index (χ1n) is 2.36. The molecule has 0 saturated carbocycles. The number of nitrogens with one attached hydrogen (secondary N) is 1. The predicted molar refractivity (Wildman–Crippen MR) is 35.0 cm³/mol. The standard InChI is InChI=1S/C4H12N2S/c1-4-6(3)7-5-2/h5H,4H2,1-3H3. The highest BCUT2D eigenvalue weighted by atomic mass is 32.2. The van der Waals surface area contributed by atoms with Crippen LogP contribution in [0.5, 0.6) is 0 Å². The Morgan fingerprint density at radius 3 is 2.43 bits per heavy atom. The molecule has 0 heterocycles. The quantitative estimate of drug-likeness (QED) is 0.552. The largest absolute Gasteiger partial charge is 0.254 e. The molecule has 0 unspecified atom stereocenters. The van der Waals surface area contributed by atoms with Crippen LogP contribution in [0.4, 0.5) is 0 Å². The molecule has 0 aromatic rings. The first-order chi connectivity index (χ1) is 3.31. The summed E-state index contributed by atoms with van der Waals surface area (Å²) in [4.78, 5) is 0. The van der Waals surface area contributed by atoms with E-state index in [0.29, 0.717) is 0 Å². The van der Waals surface area contributed by atoms with Gasteiger partial charge in [-0.2, -0.15) is 0 Å². The fourth-order valence-electron chi connectivity index (χ4n) is 0.220. The lowest BCUT2D eigenvalue weighted by Gasteiger charge is -2.08. The normalized spacial score (nSPS) is 10.3. The maximum atomic E-state index is 2.96. The summed E-state index contributed by atoms with van der Waals surface area (Å²) in [6.45, 7) is 3.19. The number of nitrogens with zero attached hydrogens (tertiary/aromatic N) is 1. The highest BCUT2D eigenvalue weighted by Crippen LogP contribution is 1.95. The third kappa shape index (κ3) is 4.12. The van der Waals surface area contributed by atoms with Gasteiger partial charge in [0.25, 0.3) is 0 Å². The Morgan fingerprint density at radius 1 is 1.71 bits per heavy atom. The van der Waals surface area contributed by atoms with Gasteiger partial charge in [0.15, 0.2) is 0 Å². The van der Waals surface area contributed by atoms with E-state index in [2.05, 4.69) is 16.0 Å². The van der Waals surface area contributed by atoms with Crippen LogP contribution in [0.3, 0.4) is 0 Å². The topological polar surface area (TPSA) is 15.3 Å². The molecule has 0 atom stereocenters. The molecule has 7 heavy (non-hydrogen) atoms. The predicted octanol–water partition coefficient (Wildman–Crippen LogP) is 0.721. The Labute approximate surface area is 49.5 Å². The second kappa shape index (κ2) is 4.43. The van der Waals surface area contributed by atoms with Crippen molar-refractivity contribution >= 4 is 12.1 Å². The molecule has 0 amide bonds. The summed E-state index contributed by atoms with van der Waals surface area (Å²) in [7, 11) is 3.96. The summed E-state index contributed by atoms with van der Waals surface area (Å²) in [5, 5.41) is 0. The van der Waals surface area contributed by atoms with E-state index in [4.69, 9.17) is 0 Å². The third-order valence-corrected chi connectivity index (χ3v) is 1.44. The van der Waals surface area contributed by atoms with Crippen molar-refractivity contribution in [1.29, 1.82) is 0 Å². The molecule has 0 bridgehead atoms. The van der Waals surface area contributed by atoms with Crippen LogP contribution in [0.2, 0.25) is 0 Å². The Morgan fingerprint density at radius 2 is 2.29 bits per heavy atom. The van der Waals surface area contributed by atoms with E-state index >= 15 is 0 Å². The first-order valence-corrected chi connectivity index (χ1v) is 3.13. The minimum Gasteiger partial charge on any atom is -0.254 e. The van der Waals surface area contributed by atoms with Crippen LogP contribution in [0.1, 0.15) is 6.92 Å². The van der Waals surface area contributed by atoms with Crippen molar-refractivity contribution in [2.75, 3.05) is 20.6 Å². The Hall–Kier alpha value is 0.270. The zero-order chi connectivity index (χ0) is 5.70. The fourth-order valence-corrected chi connectivity index (χ4v) is 0.661. The van der Waals surface area contributed by atoms with Gasteiger partial charge < -0.3 is 0 Å². The molecule has 0 saturated heterocycles. The number of hydrogen-bond donors (Lipinski definition) is 1. The van der Waals surface area contributed by atoms with Crippen LogP contribution in [-0.2, 0) is 0 Å². The van der Waals surface area contributed by atoms with E-state index < -0.39 is 0 Å². The average Bonchev–Trinajstić information content (AvgIpc) is 1.68. The van der Waals surface area contributed by atoms with Crippen molar-refractivity contribution in [1.82, 2.24) is 9.03 Å². The lowest BCUT2D eigenvalue weighted by Crippen LogP contribution is -2.12. The van der Waals surface area contributed by atoms with E-state index in [0.717, 1.165) is 6.54 Å². The SMILES string of the molecule is CCN(C)SNC. The molecule has 1 N–H and O–H groups in total. The fraction of sp³-hybridized carbons (Fsp3) is 1.00. The molecule has 0 fully saturated rings. The lowest BCUT2D eigenvalue weighted by atomic mass is 10.8. The van der Waals surface area contributed by atoms with Gasteiger partial charge in [-0.3, -0.25) is 4.72 Å². The second-order valence-electron chi connectivity index (χ2n) is 1.24. The maximum absolute atomic E-state index is 2.96. The summed E-state index contributed by atoms with van der Waals surface area (Å²) in [6.07, 6.45) is 0. The highest BCUT2D eigenvalue weighted by molar-refractivity contribution is 7.95. The zero-order valence-corrected chi connectivity index (χ0v) is 5.88. The summed E-state index contributed by atoms with van der Waals surface area (Å²) in [6, 6.07) is 0.